The van der Waals surface area contributed by atoms with E-state index in [1.165, 1.54) is 5.56 Å². The van der Waals surface area contributed by atoms with Gasteiger partial charge in [0.25, 0.3) is 0 Å². The summed E-state index contributed by atoms with van der Waals surface area (Å²) >= 11 is 6.37. The predicted molar refractivity (Wildman–Crippen MR) is 131 cm³/mol. The van der Waals surface area contributed by atoms with Gasteiger partial charge in [0.1, 0.15) is 0 Å². The summed E-state index contributed by atoms with van der Waals surface area (Å²) in [6, 6.07) is 25.5. The van der Waals surface area contributed by atoms with Crippen LogP contribution in [0.5, 0.6) is 0 Å². The number of carbonyl (C=O) groups is 1. The minimum Gasteiger partial charge on any atom is -0.390 e. The summed E-state index contributed by atoms with van der Waals surface area (Å²) in [4.78, 5) is 15.2. The standard InChI is InChI=1S/C28H29ClN2O2/c29-24-13-7-4-10-21(24)19-31-16-14-28(15-17-31)23-12-6-5-11-22(23)26(27(28)33)30-25(32)18-20-8-2-1-3-9-20/h1-13,26-27,33H,14-19H2,(H,30,32)/t26-,27+/m0/s1. The number of piperidine rings is 1. The number of nitrogens with one attached hydrogen (secondary N) is 1. The fraction of sp³-hybridized carbons (Fsp3) is 0.321. The number of aliphatic hydroxyl groups is 1. The van der Waals surface area contributed by atoms with E-state index in [9.17, 15) is 9.90 Å². The van der Waals surface area contributed by atoms with Gasteiger partial charge in [-0.15, -0.1) is 0 Å². The summed E-state index contributed by atoms with van der Waals surface area (Å²) < 4.78 is 0. The van der Waals surface area contributed by atoms with Crippen LogP contribution in [0, 0.1) is 0 Å². The molecule has 2 N–H and O–H groups in total. The predicted octanol–water partition coefficient (Wildman–Crippen LogP) is 4.65. The lowest BCUT2D eigenvalue weighted by atomic mass is 9.72. The third-order valence-corrected chi connectivity index (χ3v) is 7.71. The highest BCUT2D eigenvalue weighted by Gasteiger charge is 2.52. The average Bonchev–Trinajstić information content (AvgIpc) is 3.05. The molecule has 2 atom stereocenters. The van der Waals surface area contributed by atoms with E-state index in [0.717, 1.165) is 54.2 Å². The average molecular weight is 461 g/mol. The normalized spacial score (nSPS) is 21.6. The van der Waals surface area contributed by atoms with Gasteiger partial charge in [-0.1, -0.05) is 84.4 Å². The van der Waals surface area contributed by atoms with Crippen LogP contribution in [-0.2, 0) is 23.2 Å². The third kappa shape index (κ3) is 4.31. The van der Waals surface area contributed by atoms with Crippen molar-refractivity contribution in [3.63, 3.8) is 0 Å². The molecular formula is C28H29ClN2O2. The highest BCUT2D eigenvalue weighted by molar-refractivity contribution is 6.31. The zero-order chi connectivity index (χ0) is 22.8. The fourth-order valence-corrected chi connectivity index (χ4v) is 5.77. The van der Waals surface area contributed by atoms with Gasteiger partial charge < -0.3 is 10.4 Å². The summed E-state index contributed by atoms with van der Waals surface area (Å²) in [7, 11) is 0. The minimum absolute atomic E-state index is 0.0618. The molecule has 5 rings (SSSR count). The number of rotatable bonds is 5. The monoisotopic (exact) mass is 460 g/mol. The smallest absolute Gasteiger partial charge is 0.224 e. The van der Waals surface area contributed by atoms with E-state index >= 15 is 0 Å². The summed E-state index contributed by atoms with van der Waals surface area (Å²) in [5, 5.41) is 15.5. The summed E-state index contributed by atoms with van der Waals surface area (Å²) in [6.07, 6.45) is 1.36. The van der Waals surface area contributed by atoms with Crippen LogP contribution in [0.3, 0.4) is 0 Å². The molecule has 2 aliphatic rings. The topological polar surface area (TPSA) is 52.6 Å². The van der Waals surface area contributed by atoms with Crippen molar-refractivity contribution in [2.75, 3.05) is 13.1 Å². The molecule has 1 amide bonds. The Hall–Kier alpha value is -2.66. The Kier molecular flexibility index (Phi) is 6.24. The molecular weight excluding hydrogens is 432 g/mol. The van der Waals surface area contributed by atoms with Crippen LogP contribution in [0.2, 0.25) is 5.02 Å². The number of hydrogen-bond donors (Lipinski definition) is 2. The first-order chi connectivity index (χ1) is 16.1. The molecule has 0 saturated carbocycles. The molecule has 1 fully saturated rings. The Balaban J connectivity index is 1.32. The number of aliphatic hydroxyl groups excluding tert-OH is 1. The van der Waals surface area contributed by atoms with E-state index in [-0.39, 0.29) is 17.4 Å². The SMILES string of the molecule is O=C(Cc1ccccc1)N[C@H]1c2ccccc2C2(CCN(Cc3ccccc3Cl)CC2)[C@@H]1O. The Morgan fingerprint density at radius 1 is 0.970 bits per heavy atom. The lowest BCUT2D eigenvalue weighted by Crippen LogP contribution is -2.49. The summed E-state index contributed by atoms with van der Waals surface area (Å²) in [5.41, 5.74) is 4.00. The third-order valence-electron chi connectivity index (χ3n) is 7.34. The molecule has 0 bridgehead atoms. The van der Waals surface area contributed by atoms with Crippen molar-refractivity contribution in [3.8, 4) is 0 Å². The van der Waals surface area contributed by atoms with E-state index in [4.69, 9.17) is 11.6 Å². The van der Waals surface area contributed by atoms with Crippen LogP contribution in [0.1, 0.15) is 41.1 Å². The van der Waals surface area contributed by atoms with E-state index in [1.807, 2.05) is 60.7 Å². The van der Waals surface area contributed by atoms with Gasteiger partial charge in [-0.25, -0.2) is 0 Å². The maximum atomic E-state index is 12.8. The molecule has 0 radical (unpaired) electrons. The lowest BCUT2D eigenvalue weighted by Gasteiger charge is -2.43. The second-order valence-electron chi connectivity index (χ2n) is 9.26. The molecule has 0 aromatic heterocycles. The maximum absolute atomic E-state index is 12.8. The van der Waals surface area contributed by atoms with Gasteiger partial charge in [0.2, 0.25) is 5.91 Å². The molecule has 5 heteroatoms. The number of halogens is 1. The van der Waals surface area contributed by atoms with Crippen LogP contribution in [0.4, 0.5) is 0 Å². The molecule has 1 heterocycles. The van der Waals surface area contributed by atoms with Crippen LogP contribution in [-0.4, -0.2) is 35.1 Å². The summed E-state index contributed by atoms with van der Waals surface area (Å²) in [6.45, 7) is 2.56. The van der Waals surface area contributed by atoms with E-state index in [2.05, 4.69) is 28.4 Å². The summed E-state index contributed by atoms with van der Waals surface area (Å²) in [5.74, 6) is -0.0618. The Bertz CT molecular complexity index is 1130. The molecule has 3 aromatic rings. The number of likely N-dealkylation sites (tertiary alicyclic amines) is 1. The number of benzene rings is 3. The first-order valence-corrected chi connectivity index (χ1v) is 12.0. The number of fused-ring (bicyclic) bond motifs is 2. The fourth-order valence-electron chi connectivity index (χ4n) is 5.58. The Morgan fingerprint density at radius 2 is 1.64 bits per heavy atom. The largest absolute Gasteiger partial charge is 0.390 e. The zero-order valence-corrected chi connectivity index (χ0v) is 19.3. The molecule has 3 aromatic carbocycles. The second kappa shape index (κ2) is 9.30. The van der Waals surface area contributed by atoms with Gasteiger partial charge in [0.15, 0.2) is 0 Å². The van der Waals surface area contributed by atoms with E-state index in [0.29, 0.717) is 6.42 Å². The van der Waals surface area contributed by atoms with E-state index in [1.54, 1.807) is 0 Å². The van der Waals surface area contributed by atoms with Gasteiger partial charge in [-0.3, -0.25) is 9.69 Å². The van der Waals surface area contributed by atoms with Crippen molar-refractivity contribution in [1.29, 1.82) is 0 Å². The number of carbonyl (C=O) groups excluding carboxylic acids is 1. The van der Waals surface area contributed by atoms with Crippen molar-refractivity contribution in [2.24, 2.45) is 0 Å². The molecule has 1 aliphatic carbocycles. The highest BCUT2D eigenvalue weighted by Crippen LogP contribution is 2.51. The van der Waals surface area contributed by atoms with Crippen molar-refractivity contribution < 1.29 is 9.90 Å². The highest BCUT2D eigenvalue weighted by atomic mass is 35.5. The molecule has 1 saturated heterocycles. The molecule has 4 nitrogen and oxygen atoms in total. The van der Waals surface area contributed by atoms with Crippen molar-refractivity contribution in [1.82, 2.24) is 10.2 Å². The van der Waals surface area contributed by atoms with Gasteiger partial charge in [-0.2, -0.15) is 0 Å². The quantitative estimate of drug-likeness (QED) is 0.582. The molecule has 170 valence electrons. The molecule has 1 spiro atoms. The maximum Gasteiger partial charge on any atom is 0.224 e. The van der Waals surface area contributed by atoms with Crippen LogP contribution in [0.25, 0.3) is 0 Å². The van der Waals surface area contributed by atoms with Gasteiger partial charge in [0, 0.05) is 17.0 Å². The zero-order valence-electron chi connectivity index (χ0n) is 18.6. The van der Waals surface area contributed by atoms with Crippen LogP contribution in [0.15, 0.2) is 78.9 Å². The van der Waals surface area contributed by atoms with Gasteiger partial charge in [-0.05, 0) is 54.3 Å². The Labute approximate surface area is 200 Å². The Morgan fingerprint density at radius 3 is 2.39 bits per heavy atom. The van der Waals surface area contributed by atoms with Crippen molar-refractivity contribution in [3.05, 3.63) is 106 Å². The number of nitrogens with zero attached hydrogens (tertiary/aromatic N) is 1. The molecule has 33 heavy (non-hydrogen) atoms. The number of amides is 1. The van der Waals surface area contributed by atoms with Gasteiger partial charge >= 0.3 is 0 Å². The molecule has 1 aliphatic heterocycles. The second-order valence-corrected chi connectivity index (χ2v) is 9.67. The number of hydrogen-bond acceptors (Lipinski definition) is 3. The molecule has 0 unspecified atom stereocenters. The van der Waals surface area contributed by atoms with Crippen molar-refractivity contribution >= 4 is 17.5 Å². The lowest BCUT2D eigenvalue weighted by molar-refractivity contribution is -0.122. The van der Waals surface area contributed by atoms with Crippen LogP contribution >= 0.6 is 11.6 Å². The van der Waals surface area contributed by atoms with E-state index < -0.39 is 6.10 Å². The first-order valence-electron chi connectivity index (χ1n) is 11.6. The first kappa shape index (κ1) is 22.1. The van der Waals surface area contributed by atoms with Gasteiger partial charge in [0.05, 0.1) is 18.6 Å². The van der Waals surface area contributed by atoms with Crippen molar-refractivity contribution in [2.45, 2.75) is 43.4 Å². The van der Waals surface area contributed by atoms with Crippen LogP contribution < -0.4 is 5.32 Å². The minimum atomic E-state index is -0.642.